The number of nitrogens with one attached hydrogen (secondary N) is 1. The van der Waals surface area contributed by atoms with Crippen LogP contribution in [0.2, 0.25) is 0 Å². The molecule has 1 fully saturated rings. The van der Waals surface area contributed by atoms with E-state index in [2.05, 4.69) is 5.32 Å². The van der Waals surface area contributed by atoms with Crippen molar-refractivity contribution >= 4 is 5.91 Å². The Morgan fingerprint density at radius 1 is 1.21 bits per heavy atom. The van der Waals surface area contributed by atoms with Gasteiger partial charge in [-0.2, -0.15) is 0 Å². The molecule has 0 radical (unpaired) electrons. The van der Waals surface area contributed by atoms with Crippen LogP contribution in [0.4, 0.5) is 4.39 Å². The van der Waals surface area contributed by atoms with Crippen LogP contribution in [0.3, 0.4) is 0 Å². The molecule has 4 N–H and O–H groups in total. The summed E-state index contributed by atoms with van der Waals surface area (Å²) in [6.07, 6.45) is 0.0788. The molecular formula is C18H22FNO4. The molecule has 5 atom stereocenters. The third kappa shape index (κ3) is 3.66. The first-order valence-corrected chi connectivity index (χ1v) is 8.25. The Labute approximate surface area is 139 Å². The number of hydrogen-bond donors (Lipinski definition) is 4. The van der Waals surface area contributed by atoms with Crippen molar-refractivity contribution in [2.24, 2.45) is 0 Å². The highest BCUT2D eigenvalue weighted by Crippen LogP contribution is 2.35. The standard InChI is InChI=1S/C18H22FNO4/c19-13-3-1-2-10(6-13)11-4-5-14(7-11)20-18(24)12-8-15(21)17(23)16(22)9-12/h1-3,6,8,11,14-17,21-23H,4-5,7,9H2,(H,20,24)/t11?,14?,15-,16-,17-/m1/s1. The normalized spacial score (nSPS) is 33.2. The minimum absolute atomic E-state index is 0.0180. The Kier molecular flexibility index (Phi) is 4.99. The predicted octanol–water partition coefficient (Wildman–Crippen LogP) is 0.991. The Hall–Kier alpha value is -1.76. The highest BCUT2D eigenvalue weighted by molar-refractivity contribution is 5.94. The van der Waals surface area contributed by atoms with Crippen LogP contribution in [-0.2, 0) is 4.79 Å². The summed E-state index contributed by atoms with van der Waals surface area (Å²) in [5, 5.41) is 31.7. The van der Waals surface area contributed by atoms with Crippen molar-refractivity contribution in [3.05, 3.63) is 47.3 Å². The van der Waals surface area contributed by atoms with Gasteiger partial charge in [0.2, 0.25) is 5.91 Å². The molecule has 2 aliphatic rings. The fraction of sp³-hybridized carbons (Fsp3) is 0.500. The molecule has 24 heavy (non-hydrogen) atoms. The van der Waals surface area contributed by atoms with Crippen molar-refractivity contribution in [3.8, 4) is 0 Å². The summed E-state index contributed by atoms with van der Waals surface area (Å²) in [5.41, 5.74) is 1.23. The Morgan fingerprint density at radius 2 is 2.00 bits per heavy atom. The fourth-order valence-corrected chi connectivity index (χ4v) is 3.57. The first kappa shape index (κ1) is 17.1. The van der Waals surface area contributed by atoms with Crippen LogP contribution in [0.5, 0.6) is 0 Å². The lowest BCUT2D eigenvalue weighted by Gasteiger charge is -2.27. The first-order chi connectivity index (χ1) is 11.4. The van der Waals surface area contributed by atoms with Gasteiger partial charge < -0.3 is 20.6 Å². The predicted molar refractivity (Wildman–Crippen MR) is 85.6 cm³/mol. The van der Waals surface area contributed by atoms with Crippen LogP contribution in [-0.4, -0.2) is 45.6 Å². The van der Waals surface area contributed by atoms with E-state index in [0.717, 1.165) is 24.8 Å². The second-order valence-electron chi connectivity index (χ2n) is 6.68. The lowest BCUT2D eigenvalue weighted by Crippen LogP contribution is -2.43. The van der Waals surface area contributed by atoms with Gasteiger partial charge in [-0.05, 0) is 49.0 Å². The lowest BCUT2D eigenvalue weighted by atomic mass is 9.91. The quantitative estimate of drug-likeness (QED) is 0.663. The van der Waals surface area contributed by atoms with Crippen LogP contribution in [0.1, 0.15) is 37.2 Å². The third-order valence-corrected chi connectivity index (χ3v) is 4.92. The summed E-state index contributed by atoms with van der Waals surface area (Å²) < 4.78 is 13.3. The van der Waals surface area contributed by atoms with Gasteiger partial charge in [0.1, 0.15) is 18.0 Å². The third-order valence-electron chi connectivity index (χ3n) is 4.92. The first-order valence-electron chi connectivity index (χ1n) is 8.25. The molecule has 1 saturated carbocycles. The van der Waals surface area contributed by atoms with Crippen molar-refractivity contribution < 1.29 is 24.5 Å². The van der Waals surface area contributed by atoms with E-state index in [9.17, 15) is 24.5 Å². The molecule has 0 saturated heterocycles. The van der Waals surface area contributed by atoms with Gasteiger partial charge in [0.25, 0.3) is 0 Å². The van der Waals surface area contributed by atoms with Gasteiger partial charge in [-0.25, -0.2) is 4.39 Å². The van der Waals surface area contributed by atoms with E-state index in [0.29, 0.717) is 0 Å². The van der Waals surface area contributed by atoms with Gasteiger partial charge in [-0.3, -0.25) is 4.79 Å². The number of benzene rings is 1. The second-order valence-corrected chi connectivity index (χ2v) is 6.68. The summed E-state index contributed by atoms with van der Waals surface area (Å²) >= 11 is 0. The van der Waals surface area contributed by atoms with Gasteiger partial charge in [-0.15, -0.1) is 0 Å². The van der Waals surface area contributed by atoms with Crippen LogP contribution >= 0.6 is 0 Å². The van der Waals surface area contributed by atoms with E-state index in [-0.39, 0.29) is 35.7 Å². The van der Waals surface area contributed by atoms with Crippen LogP contribution in [0.25, 0.3) is 0 Å². The summed E-state index contributed by atoms with van der Waals surface area (Å²) in [5.74, 6) is -0.372. The van der Waals surface area contributed by atoms with E-state index in [4.69, 9.17) is 0 Å². The zero-order valence-corrected chi connectivity index (χ0v) is 13.2. The topological polar surface area (TPSA) is 89.8 Å². The van der Waals surface area contributed by atoms with Crippen LogP contribution in [0.15, 0.2) is 35.9 Å². The minimum atomic E-state index is -1.26. The van der Waals surface area contributed by atoms with Gasteiger partial charge in [0.15, 0.2) is 0 Å². The zero-order valence-electron chi connectivity index (χ0n) is 13.2. The van der Waals surface area contributed by atoms with Crippen molar-refractivity contribution in [2.45, 2.75) is 56.0 Å². The largest absolute Gasteiger partial charge is 0.390 e. The van der Waals surface area contributed by atoms with Crippen molar-refractivity contribution in [1.82, 2.24) is 5.32 Å². The number of carbonyl (C=O) groups is 1. The highest BCUT2D eigenvalue weighted by atomic mass is 19.1. The SMILES string of the molecule is O=C(NC1CCC(c2cccc(F)c2)C1)C1=C[C@@H](O)[C@@H](O)[C@H](O)C1. The molecule has 0 bridgehead atoms. The minimum Gasteiger partial charge on any atom is -0.390 e. The molecular weight excluding hydrogens is 313 g/mol. The molecule has 2 unspecified atom stereocenters. The Morgan fingerprint density at radius 3 is 2.71 bits per heavy atom. The maximum atomic E-state index is 13.3. The lowest BCUT2D eigenvalue weighted by molar-refractivity contribution is -0.119. The Bertz CT molecular complexity index is 648. The molecule has 0 aliphatic heterocycles. The van der Waals surface area contributed by atoms with Crippen molar-refractivity contribution in [1.29, 1.82) is 0 Å². The van der Waals surface area contributed by atoms with Gasteiger partial charge in [0.05, 0.1) is 6.10 Å². The maximum absolute atomic E-state index is 13.3. The molecule has 130 valence electrons. The number of carbonyl (C=O) groups excluding carboxylic acids is 1. The molecule has 3 rings (SSSR count). The second kappa shape index (κ2) is 7.01. The van der Waals surface area contributed by atoms with Gasteiger partial charge in [-0.1, -0.05) is 12.1 Å². The van der Waals surface area contributed by atoms with E-state index in [1.807, 2.05) is 6.07 Å². The molecule has 1 aromatic rings. The van der Waals surface area contributed by atoms with Crippen LogP contribution in [0, 0.1) is 5.82 Å². The number of aliphatic hydroxyl groups excluding tert-OH is 3. The highest BCUT2D eigenvalue weighted by Gasteiger charge is 2.33. The summed E-state index contributed by atoms with van der Waals surface area (Å²) in [4.78, 5) is 12.3. The molecule has 0 spiro atoms. The van der Waals surface area contributed by atoms with Crippen molar-refractivity contribution in [2.75, 3.05) is 0 Å². The smallest absolute Gasteiger partial charge is 0.247 e. The molecule has 1 amide bonds. The van der Waals surface area contributed by atoms with Crippen molar-refractivity contribution in [3.63, 3.8) is 0 Å². The molecule has 5 nitrogen and oxygen atoms in total. The molecule has 1 aromatic carbocycles. The summed E-state index contributed by atoms with van der Waals surface area (Å²) in [6, 6.07) is 6.52. The van der Waals surface area contributed by atoms with E-state index in [1.54, 1.807) is 6.07 Å². The van der Waals surface area contributed by atoms with E-state index < -0.39 is 18.3 Å². The van der Waals surface area contributed by atoms with Crippen LogP contribution < -0.4 is 5.32 Å². The number of amides is 1. The maximum Gasteiger partial charge on any atom is 0.247 e. The van der Waals surface area contributed by atoms with E-state index >= 15 is 0 Å². The Balaban J connectivity index is 1.59. The average Bonchev–Trinajstić information content (AvgIpc) is 3.00. The average molecular weight is 335 g/mol. The number of rotatable bonds is 3. The molecule has 6 heteroatoms. The summed E-state index contributed by atoms with van der Waals surface area (Å²) in [6.45, 7) is 0. The monoisotopic (exact) mass is 335 g/mol. The number of halogens is 1. The van der Waals surface area contributed by atoms with Gasteiger partial charge >= 0.3 is 0 Å². The van der Waals surface area contributed by atoms with Gasteiger partial charge in [0, 0.05) is 18.0 Å². The zero-order chi connectivity index (χ0) is 17.3. The molecule has 0 heterocycles. The summed E-state index contributed by atoms with van der Waals surface area (Å²) in [7, 11) is 0. The number of hydrogen-bond acceptors (Lipinski definition) is 4. The fourth-order valence-electron chi connectivity index (χ4n) is 3.57. The molecule has 2 aliphatic carbocycles. The molecule has 0 aromatic heterocycles. The number of aliphatic hydroxyl groups is 3. The van der Waals surface area contributed by atoms with E-state index in [1.165, 1.54) is 18.2 Å².